The molecular formula is C9H15NO4. The summed E-state index contributed by atoms with van der Waals surface area (Å²) in [5, 5.41) is 11.3. The summed E-state index contributed by atoms with van der Waals surface area (Å²) in [5.74, 6) is -1.21. The van der Waals surface area contributed by atoms with Crippen LogP contribution >= 0.6 is 0 Å². The molecule has 5 nitrogen and oxygen atoms in total. The van der Waals surface area contributed by atoms with Crippen molar-refractivity contribution in [2.24, 2.45) is 0 Å². The zero-order valence-electron chi connectivity index (χ0n) is 8.37. The van der Waals surface area contributed by atoms with E-state index in [-0.39, 0.29) is 18.4 Å². The van der Waals surface area contributed by atoms with Gasteiger partial charge in [-0.1, -0.05) is 0 Å². The van der Waals surface area contributed by atoms with E-state index >= 15 is 0 Å². The normalized spacial score (nSPS) is 19.9. The lowest BCUT2D eigenvalue weighted by Crippen LogP contribution is -2.43. The molecule has 5 heteroatoms. The van der Waals surface area contributed by atoms with Gasteiger partial charge in [-0.25, -0.2) is 4.79 Å². The van der Waals surface area contributed by atoms with Crippen LogP contribution in [0.4, 0.5) is 0 Å². The lowest BCUT2D eigenvalue weighted by molar-refractivity contribution is -0.143. The molecule has 1 rings (SSSR count). The molecule has 1 unspecified atom stereocenters. The molecule has 1 fully saturated rings. The Morgan fingerprint density at radius 1 is 1.57 bits per heavy atom. The first kappa shape index (κ1) is 11.0. The van der Waals surface area contributed by atoms with Crippen LogP contribution in [0.15, 0.2) is 0 Å². The summed E-state index contributed by atoms with van der Waals surface area (Å²) < 4.78 is 4.91. The van der Waals surface area contributed by atoms with Crippen LogP contribution in [0, 0.1) is 0 Å². The van der Waals surface area contributed by atoms with E-state index in [4.69, 9.17) is 9.84 Å². The number of aliphatic carboxylic acids is 1. The van der Waals surface area contributed by atoms with Crippen molar-refractivity contribution in [3.63, 3.8) is 0 Å². The van der Waals surface area contributed by atoms with Crippen LogP contribution < -0.4 is 5.32 Å². The molecule has 1 aliphatic rings. The predicted octanol–water partition coefficient (Wildman–Crippen LogP) is 0.145. The Morgan fingerprint density at radius 2 is 2.14 bits per heavy atom. The standard InChI is InChI=1S/C9H15NO4/c1-6(14-2)5-7(11)10-9(3-4-9)8(12)13/h6H,3-5H2,1-2H3,(H,10,11)(H,12,13). The fourth-order valence-corrected chi connectivity index (χ4v) is 1.18. The lowest BCUT2D eigenvalue weighted by atomic mass is 10.2. The van der Waals surface area contributed by atoms with Gasteiger partial charge in [-0.05, 0) is 19.8 Å². The van der Waals surface area contributed by atoms with E-state index in [1.54, 1.807) is 6.92 Å². The molecule has 0 aliphatic heterocycles. The maximum absolute atomic E-state index is 11.3. The maximum Gasteiger partial charge on any atom is 0.329 e. The zero-order chi connectivity index (χ0) is 10.8. The number of rotatable bonds is 5. The summed E-state index contributed by atoms with van der Waals surface area (Å²) in [6, 6.07) is 0. The van der Waals surface area contributed by atoms with Crippen LogP contribution in [0.2, 0.25) is 0 Å². The number of methoxy groups -OCH3 is 1. The number of amides is 1. The second-order valence-electron chi connectivity index (χ2n) is 3.69. The molecule has 0 aromatic heterocycles. The quantitative estimate of drug-likeness (QED) is 0.663. The molecule has 0 saturated heterocycles. The number of hydrogen-bond donors (Lipinski definition) is 2. The van der Waals surface area contributed by atoms with Gasteiger partial charge in [0.2, 0.25) is 5.91 Å². The molecule has 0 aromatic rings. The van der Waals surface area contributed by atoms with Crippen LogP contribution in [-0.2, 0) is 14.3 Å². The molecular weight excluding hydrogens is 186 g/mol. The topological polar surface area (TPSA) is 75.6 Å². The van der Waals surface area contributed by atoms with Crippen molar-refractivity contribution in [2.45, 2.75) is 37.8 Å². The van der Waals surface area contributed by atoms with Gasteiger partial charge in [-0.2, -0.15) is 0 Å². The molecule has 14 heavy (non-hydrogen) atoms. The molecule has 0 radical (unpaired) electrons. The van der Waals surface area contributed by atoms with E-state index in [9.17, 15) is 9.59 Å². The van der Waals surface area contributed by atoms with E-state index in [1.165, 1.54) is 7.11 Å². The SMILES string of the molecule is COC(C)CC(=O)NC1(C(=O)O)CC1. The van der Waals surface area contributed by atoms with E-state index in [1.807, 2.05) is 0 Å². The first-order chi connectivity index (χ1) is 6.50. The average Bonchev–Trinajstić information content (AvgIpc) is 2.85. The van der Waals surface area contributed by atoms with Crippen LogP contribution in [0.1, 0.15) is 26.2 Å². The minimum atomic E-state index is -0.982. The fourth-order valence-electron chi connectivity index (χ4n) is 1.18. The summed E-state index contributed by atoms with van der Waals surface area (Å²) in [6.45, 7) is 1.76. The molecule has 1 amide bonds. The molecule has 0 aromatic carbocycles. The predicted molar refractivity (Wildman–Crippen MR) is 48.8 cm³/mol. The van der Waals surface area contributed by atoms with E-state index < -0.39 is 11.5 Å². The smallest absolute Gasteiger partial charge is 0.329 e. The van der Waals surface area contributed by atoms with Crippen molar-refractivity contribution in [2.75, 3.05) is 7.11 Å². The molecule has 0 bridgehead atoms. The number of nitrogens with one attached hydrogen (secondary N) is 1. The molecule has 1 aliphatic carbocycles. The van der Waals surface area contributed by atoms with Gasteiger partial charge in [-0.3, -0.25) is 4.79 Å². The van der Waals surface area contributed by atoms with Gasteiger partial charge in [0.25, 0.3) is 0 Å². The Labute approximate surface area is 82.4 Å². The Balaban J connectivity index is 2.38. The minimum absolute atomic E-state index is 0.181. The van der Waals surface area contributed by atoms with Crippen LogP contribution in [0.25, 0.3) is 0 Å². The van der Waals surface area contributed by atoms with Crippen molar-refractivity contribution in [1.29, 1.82) is 0 Å². The van der Waals surface area contributed by atoms with E-state index in [2.05, 4.69) is 5.32 Å². The van der Waals surface area contributed by atoms with Crippen LogP contribution in [0.5, 0.6) is 0 Å². The van der Waals surface area contributed by atoms with Gasteiger partial charge < -0.3 is 15.2 Å². The molecule has 80 valence electrons. The van der Waals surface area contributed by atoms with Crippen molar-refractivity contribution in [3.8, 4) is 0 Å². The largest absolute Gasteiger partial charge is 0.480 e. The van der Waals surface area contributed by atoms with E-state index in [0.717, 1.165) is 0 Å². The Kier molecular flexibility index (Phi) is 3.10. The van der Waals surface area contributed by atoms with Gasteiger partial charge in [0.1, 0.15) is 5.54 Å². The monoisotopic (exact) mass is 201 g/mol. The number of hydrogen-bond acceptors (Lipinski definition) is 3. The van der Waals surface area contributed by atoms with Gasteiger partial charge in [0.15, 0.2) is 0 Å². The summed E-state index contributed by atoms with van der Waals surface area (Å²) in [7, 11) is 1.52. The first-order valence-electron chi connectivity index (χ1n) is 4.57. The summed E-state index contributed by atoms with van der Waals surface area (Å²) in [6.07, 6.45) is 1.07. The van der Waals surface area contributed by atoms with Crippen molar-refractivity contribution >= 4 is 11.9 Å². The van der Waals surface area contributed by atoms with Gasteiger partial charge >= 0.3 is 5.97 Å². The van der Waals surface area contributed by atoms with Crippen molar-refractivity contribution in [3.05, 3.63) is 0 Å². The Bertz CT molecular complexity index is 247. The van der Waals surface area contributed by atoms with Crippen molar-refractivity contribution < 1.29 is 19.4 Å². The zero-order valence-corrected chi connectivity index (χ0v) is 8.37. The highest BCUT2D eigenvalue weighted by atomic mass is 16.5. The lowest BCUT2D eigenvalue weighted by Gasteiger charge is -2.14. The summed E-state index contributed by atoms with van der Waals surface area (Å²) >= 11 is 0. The summed E-state index contributed by atoms with van der Waals surface area (Å²) in [4.78, 5) is 22.0. The van der Waals surface area contributed by atoms with Gasteiger partial charge in [0.05, 0.1) is 12.5 Å². The molecule has 1 atom stereocenters. The number of carboxylic acid groups (broad SMARTS) is 1. The number of ether oxygens (including phenoxy) is 1. The maximum atomic E-state index is 11.3. The third-order valence-electron chi connectivity index (χ3n) is 2.41. The highest BCUT2D eigenvalue weighted by Gasteiger charge is 2.51. The second-order valence-corrected chi connectivity index (χ2v) is 3.69. The molecule has 0 spiro atoms. The van der Waals surface area contributed by atoms with Crippen LogP contribution in [-0.4, -0.2) is 35.7 Å². The third-order valence-corrected chi connectivity index (χ3v) is 2.41. The number of carboxylic acids is 1. The van der Waals surface area contributed by atoms with Crippen LogP contribution in [0.3, 0.4) is 0 Å². The van der Waals surface area contributed by atoms with Gasteiger partial charge in [-0.15, -0.1) is 0 Å². The van der Waals surface area contributed by atoms with E-state index in [0.29, 0.717) is 12.8 Å². The number of carbonyl (C=O) groups excluding carboxylic acids is 1. The van der Waals surface area contributed by atoms with Crippen molar-refractivity contribution in [1.82, 2.24) is 5.32 Å². The highest BCUT2D eigenvalue weighted by Crippen LogP contribution is 2.35. The molecule has 0 heterocycles. The fraction of sp³-hybridized carbons (Fsp3) is 0.778. The molecule has 2 N–H and O–H groups in total. The number of carbonyl (C=O) groups is 2. The Morgan fingerprint density at radius 3 is 2.50 bits per heavy atom. The minimum Gasteiger partial charge on any atom is -0.480 e. The summed E-state index contributed by atoms with van der Waals surface area (Å²) in [5.41, 5.74) is -0.982. The Hall–Kier alpha value is -1.10. The molecule has 1 saturated carbocycles. The second kappa shape index (κ2) is 3.96. The van der Waals surface area contributed by atoms with Gasteiger partial charge in [0, 0.05) is 7.11 Å². The third kappa shape index (κ3) is 2.45. The average molecular weight is 201 g/mol. The first-order valence-corrected chi connectivity index (χ1v) is 4.57. The highest BCUT2D eigenvalue weighted by molar-refractivity contribution is 5.89.